The van der Waals surface area contributed by atoms with E-state index in [1.54, 1.807) is 23.9 Å². The van der Waals surface area contributed by atoms with Gasteiger partial charge in [-0.1, -0.05) is 18.2 Å². The first-order valence-corrected chi connectivity index (χ1v) is 7.29. The van der Waals surface area contributed by atoms with Crippen molar-refractivity contribution in [2.45, 2.75) is 4.90 Å². The van der Waals surface area contributed by atoms with E-state index in [-0.39, 0.29) is 5.82 Å². The molecule has 1 nitrogen and oxygen atoms in total. The van der Waals surface area contributed by atoms with Gasteiger partial charge in [-0.25, -0.2) is 4.39 Å². The standard InChI is InChI=1S/C14H12BrFOS/c15-13-7-6-11(10-14(13)16)17-8-9-18-12-4-2-1-3-5-12/h1-7,10H,8-9H2. The predicted molar refractivity (Wildman–Crippen MR) is 76.8 cm³/mol. The van der Waals surface area contributed by atoms with Crippen LogP contribution in [0.1, 0.15) is 0 Å². The van der Waals surface area contributed by atoms with Crippen LogP contribution in [0.5, 0.6) is 5.75 Å². The highest BCUT2D eigenvalue weighted by Gasteiger charge is 2.01. The molecule has 4 heteroatoms. The van der Waals surface area contributed by atoms with Crippen LogP contribution in [0.25, 0.3) is 0 Å². The monoisotopic (exact) mass is 326 g/mol. The van der Waals surface area contributed by atoms with Gasteiger partial charge in [-0.3, -0.25) is 0 Å². The van der Waals surface area contributed by atoms with Gasteiger partial charge in [-0.15, -0.1) is 11.8 Å². The molecule has 18 heavy (non-hydrogen) atoms. The van der Waals surface area contributed by atoms with Gasteiger partial charge in [0.2, 0.25) is 0 Å². The Kier molecular flexibility index (Phi) is 5.08. The van der Waals surface area contributed by atoms with E-state index < -0.39 is 0 Å². The zero-order valence-electron chi connectivity index (χ0n) is 9.61. The molecule has 0 heterocycles. The first-order chi connectivity index (χ1) is 8.75. The highest BCUT2D eigenvalue weighted by molar-refractivity contribution is 9.10. The molecular weight excluding hydrogens is 315 g/mol. The Labute approximate surface area is 118 Å². The van der Waals surface area contributed by atoms with Gasteiger partial charge in [0, 0.05) is 16.7 Å². The summed E-state index contributed by atoms with van der Waals surface area (Å²) >= 11 is 4.83. The summed E-state index contributed by atoms with van der Waals surface area (Å²) in [6.07, 6.45) is 0. The minimum Gasteiger partial charge on any atom is -0.493 e. The molecule has 0 aliphatic carbocycles. The average molecular weight is 327 g/mol. The number of halogens is 2. The molecule has 0 saturated heterocycles. The van der Waals surface area contributed by atoms with Crippen molar-refractivity contribution in [1.29, 1.82) is 0 Å². The smallest absolute Gasteiger partial charge is 0.141 e. The lowest BCUT2D eigenvalue weighted by Crippen LogP contribution is -2.00. The highest BCUT2D eigenvalue weighted by atomic mass is 79.9. The molecule has 2 rings (SSSR count). The van der Waals surface area contributed by atoms with Crippen molar-refractivity contribution < 1.29 is 9.13 Å². The summed E-state index contributed by atoms with van der Waals surface area (Å²) in [5.41, 5.74) is 0. The molecule has 94 valence electrons. The molecule has 0 atom stereocenters. The third-order valence-electron chi connectivity index (χ3n) is 2.26. The number of rotatable bonds is 5. The Bertz CT molecular complexity index is 504. The molecule has 0 bridgehead atoms. The first-order valence-electron chi connectivity index (χ1n) is 5.51. The van der Waals surface area contributed by atoms with Crippen molar-refractivity contribution in [3.8, 4) is 5.75 Å². The Balaban J connectivity index is 1.77. The van der Waals surface area contributed by atoms with Crippen molar-refractivity contribution in [2.24, 2.45) is 0 Å². The lowest BCUT2D eigenvalue weighted by Gasteiger charge is -2.06. The Hall–Kier alpha value is -1.00. The lowest BCUT2D eigenvalue weighted by molar-refractivity contribution is 0.342. The van der Waals surface area contributed by atoms with Crippen LogP contribution in [0, 0.1) is 5.82 Å². The van der Waals surface area contributed by atoms with Gasteiger partial charge in [0.1, 0.15) is 11.6 Å². The molecule has 0 N–H and O–H groups in total. The fraction of sp³-hybridized carbons (Fsp3) is 0.143. The Morgan fingerprint density at radius 3 is 2.61 bits per heavy atom. The van der Waals surface area contributed by atoms with Gasteiger partial charge in [-0.05, 0) is 40.2 Å². The van der Waals surface area contributed by atoms with Crippen LogP contribution < -0.4 is 4.74 Å². The number of hydrogen-bond acceptors (Lipinski definition) is 2. The maximum absolute atomic E-state index is 13.2. The number of hydrogen-bond donors (Lipinski definition) is 0. The molecule has 0 aromatic heterocycles. The quantitative estimate of drug-likeness (QED) is 0.578. The zero-order valence-corrected chi connectivity index (χ0v) is 12.0. The van der Waals surface area contributed by atoms with E-state index in [2.05, 4.69) is 28.1 Å². The number of thioether (sulfide) groups is 1. The molecule has 0 fully saturated rings. The van der Waals surface area contributed by atoms with Crippen LogP contribution in [0.4, 0.5) is 4.39 Å². The maximum atomic E-state index is 13.2. The topological polar surface area (TPSA) is 9.23 Å². The largest absolute Gasteiger partial charge is 0.493 e. The number of ether oxygens (including phenoxy) is 1. The van der Waals surface area contributed by atoms with E-state index >= 15 is 0 Å². The second kappa shape index (κ2) is 6.81. The summed E-state index contributed by atoms with van der Waals surface area (Å²) in [4.78, 5) is 1.21. The summed E-state index contributed by atoms with van der Waals surface area (Å²) in [6, 6.07) is 14.9. The SMILES string of the molecule is Fc1cc(OCCSc2ccccc2)ccc1Br. The van der Waals surface area contributed by atoms with Gasteiger partial charge in [0.15, 0.2) is 0 Å². The van der Waals surface area contributed by atoms with Gasteiger partial charge >= 0.3 is 0 Å². The van der Waals surface area contributed by atoms with Crippen molar-refractivity contribution in [3.05, 3.63) is 58.8 Å². The van der Waals surface area contributed by atoms with Gasteiger partial charge in [0.05, 0.1) is 11.1 Å². The average Bonchev–Trinajstić information content (AvgIpc) is 2.40. The molecule has 0 spiro atoms. The van der Waals surface area contributed by atoms with Crippen LogP contribution in [0.15, 0.2) is 57.9 Å². The second-order valence-electron chi connectivity index (χ2n) is 3.59. The molecule has 0 unspecified atom stereocenters. The third kappa shape index (κ3) is 4.03. The molecule has 0 radical (unpaired) electrons. The van der Waals surface area contributed by atoms with Crippen LogP contribution in [0.3, 0.4) is 0 Å². The molecule has 0 aliphatic rings. The van der Waals surface area contributed by atoms with Crippen molar-refractivity contribution in [3.63, 3.8) is 0 Å². The molecule has 2 aromatic carbocycles. The highest BCUT2D eigenvalue weighted by Crippen LogP contribution is 2.22. The predicted octanol–water partition coefficient (Wildman–Crippen LogP) is 4.76. The van der Waals surface area contributed by atoms with Gasteiger partial charge in [0.25, 0.3) is 0 Å². The maximum Gasteiger partial charge on any atom is 0.141 e. The molecule has 0 aliphatic heterocycles. The molecule has 0 amide bonds. The van der Waals surface area contributed by atoms with Crippen molar-refractivity contribution in [2.75, 3.05) is 12.4 Å². The van der Waals surface area contributed by atoms with Crippen molar-refractivity contribution >= 4 is 27.7 Å². The van der Waals surface area contributed by atoms with E-state index in [1.165, 1.54) is 11.0 Å². The fourth-order valence-corrected chi connectivity index (χ4v) is 2.40. The summed E-state index contributed by atoms with van der Waals surface area (Å²) in [5.74, 6) is 1.09. The fourth-order valence-electron chi connectivity index (χ4n) is 1.40. The molecular formula is C14H12BrFOS. The summed E-state index contributed by atoms with van der Waals surface area (Å²) < 4.78 is 19.2. The number of benzene rings is 2. The Morgan fingerprint density at radius 2 is 1.89 bits per heavy atom. The summed E-state index contributed by atoms with van der Waals surface area (Å²) in [5, 5.41) is 0. The molecule has 2 aromatic rings. The Morgan fingerprint density at radius 1 is 1.11 bits per heavy atom. The minimum atomic E-state index is -0.303. The second-order valence-corrected chi connectivity index (χ2v) is 5.61. The van der Waals surface area contributed by atoms with E-state index in [9.17, 15) is 4.39 Å². The van der Waals surface area contributed by atoms with E-state index in [4.69, 9.17) is 4.74 Å². The third-order valence-corrected chi connectivity index (χ3v) is 3.87. The van der Waals surface area contributed by atoms with Crippen LogP contribution in [-0.2, 0) is 0 Å². The van der Waals surface area contributed by atoms with E-state index in [0.29, 0.717) is 16.8 Å². The van der Waals surface area contributed by atoms with Gasteiger partial charge in [-0.2, -0.15) is 0 Å². The van der Waals surface area contributed by atoms with Gasteiger partial charge < -0.3 is 4.74 Å². The van der Waals surface area contributed by atoms with Crippen LogP contribution in [-0.4, -0.2) is 12.4 Å². The zero-order chi connectivity index (χ0) is 12.8. The molecule has 0 saturated carbocycles. The normalized spacial score (nSPS) is 10.3. The van der Waals surface area contributed by atoms with E-state index in [0.717, 1.165) is 5.75 Å². The van der Waals surface area contributed by atoms with Crippen LogP contribution in [0.2, 0.25) is 0 Å². The van der Waals surface area contributed by atoms with Crippen LogP contribution >= 0.6 is 27.7 Å². The summed E-state index contributed by atoms with van der Waals surface area (Å²) in [7, 11) is 0. The summed E-state index contributed by atoms with van der Waals surface area (Å²) in [6.45, 7) is 0.556. The minimum absolute atomic E-state index is 0.303. The lowest BCUT2D eigenvalue weighted by atomic mass is 10.3. The first kappa shape index (κ1) is 13.4. The van der Waals surface area contributed by atoms with E-state index in [1.807, 2.05) is 18.2 Å². The van der Waals surface area contributed by atoms with Crippen molar-refractivity contribution in [1.82, 2.24) is 0 Å².